The predicted molar refractivity (Wildman–Crippen MR) is 271 cm³/mol. The summed E-state index contributed by atoms with van der Waals surface area (Å²) in [6, 6.07) is 33.4. The lowest BCUT2D eigenvalue weighted by Crippen LogP contribution is -2.48. The minimum Gasteiger partial charge on any atom is -0.493 e. The maximum atomic E-state index is 14.2. The number of hydrogen-bond acceptors (Lipinski definition) is 9. The maximum Gasteiger partial charge on any atom is 0.407 e. The normalized spacial score (nSPS) is 16.3. The number of likely N-dealkylation sites (tertiary alicyclic amines) is 2. The number of carbonyl (C=O) groups excluding carboxylic acids is 6. The summed E-state index contributed by atoms with van der Waals surface area (Å²) in [5.41, 5.74) is 4.73. The van der Waals surface area contributed by atoms with Gasteiger partial charge in [0.1, 0.15) is 29.9 Å². The highest BCUT2D eigenvalue weighted by Crippen LogP contribution is 2.36. The van der Waals surface area contributed by atoms with Crippen LogP contribution in [0, 0.1) is 0 Å². The number of nitrogens with zero attached hydrogens (tertiary/aromatic N) is 3. The third kappa shape index (κ3) is 11.4. The van der Waals surface area contributed by atoms with Crippen molar-refractivity contribution >= 4 is 69.0 Å². The van der Waals surface area contributed by atoms with Gasteiger partial charge in [0.05, 0.1) is 38.4 Å². The zero-order chi connectivity index (χ0) is 49.9. The molecule has 71 heavy (non-hydrogen) atoms. The van der Waals surface area contributed by atoms with Gasteiger partial charge >= 0.3 is 12.2 Å². The van der Waals surface area contributed by atoms with Crippen LogP contribution < -0.4 is 26.0 Å². The summed E-state index contributed by atoms with van der Waals surface area (Å²) in [5, 5.41) is 13.3. The SMILES string of the molecule is CCCCCCOc1ccccc1Cn1c2cc(NC(=O)[C@@H]3CCCN3C(=O)[C@H](NC(=O)OC)c3ccccc3)ccc2c2ccc(NC(=O)[C@@H]3CCCN3C(=O)[C@H](NC(=O)OC)c3ccccc3)cc21. The van der Waals surface area contributed by atoms with Crippen LogP contribution in [0.1, 0.15) is 87.1 Å². The minimum absolute atomic E-state index is 0.339. The summed E-state index contributed by atoms with van der Waals surface area (Å²) in [7, 11) is 2.46. The highest BCUT2D eigenvalue weighted by atomic mass is 16.5. The molecule has 8 rings (SSSR count). The number of carbonyl (C=O) groups is 6. The smallest absolute Gasteiger partial charge is 0.407 e. The lowest BCUT2D eigenvalue weighted by Gasteiger charge is -2.28. The Hall–Kier alpha value is -7.88. The second-order valence-corrected chi connectivity index (χ2v) is 17.9. The van der Waals surface area contributed by atoms with Crippen molar-refractivity contribution in [2.45, 2.75) is 89.0 Å². The molecule has 0 radical (unpaired) electrons. The van der Waals surface area contributed by atoms with E-state index < -0.39 is 48.2 Å². The summed E-state index contributed by atoms with van der Waals surface area (Å²) in [6.45, 7) is 3.82. The molecule has 6 aromatic rings. The molecule has 2 fully saturated rings. The number of amides is 6. The van der Waals surface area contributed by atoms with E-state index in [1.807, 2.05) is 72.8 Å². The minimum atomic E-state index is -1.05. The summed E-state index contributed by atoms with van der Waals surface area (Å²) in [4.78, 5) is 84.6. The van der Waals surface area contributed by atoms with Gasteiger partial charge in [-0.2, -0.15) is 0 Å². The van der Waals surface area contributed by atoms with Gasteiger partial charge in [-0.15, -0.1) is 0 Å². The van der Waals surface area contributed by atoms with E-state index in [2.05, 4.69) is 32.8 Å². The number of methoxy groups -OCH3 is 2. The van der Waals surface area contributed by atoms with Crippen LogP contribution in [0.25, 0.3) is 21.8 Å². The standard InChI is InChI=1S/C55H61N7O9/c1-4-5-6-15-32-71-47-25-14-13-22-38(47)35-62-45-33-39(56-50(63)43-23-16-30-60(43)52(65)48(58-54(67)69-2)36-18-9-7-10-19-36)26-28-41(45)42-29-27-40(34-46(42)62)57-51(64)44-24-17-31-61(44)53(66)49(59-55(68)70-3)37-20-11-8-12-21-37/h7-14,18-22,25-29,33-34,43-44,48-49H,4-6,15-17,23-24,30-32,35H2,1-3H3,(H,56,63)(H,57,64)(H,58,67)(H,59,68)/t43-,44-,48+,49+/m0/s1. The molecule has 0 aliphatic carbocycles. The van der Waals surface area contributed by atoms with Crippen molar-refractivity contribution in [1.82, 2.24) is 25.0 Å². The molecule has 0 spiro atoms. The molecule has 370 valence electrons. The van der Waals surface area contributed by atoms with E-state index in [1.165, 1.54) is 24.0 Å². The molecule has 0 unspecified atom stereocenters. The van der Waals surface area contributed by atoms with E-state index in [-0.39, 0.29) is 11.8 Å². The Balaban J connectivity index is 1.09. The highest BCUT2D eigenvalue weighted by molar-refractivity contribution is 6.11. The average molecular weight is 964 g/mol. The van der Waals surface area contributed by atoms with Crippen molar-refractivity contribution in [3.8, 4) is 5.75 Å². The first-order chi connectivity index (χ1) is 34.6. The van der Waals surface area contributed by atoms with Gasteiger partial charge in [0, 0.05) is 40.8 Å². The van der Waals surface area contributed by atoms with Crippen molar-refractivity contribution in [2.75, 3.05) is 44.5 Å². The predicted octanol–water partition coefficient (Wildman–Crippen LogP) is 8.86. The number of ether oxygens (including phenoxy) is 3. The molecule has 2 aliphatic heterocycles. The Kier molecular flexibility index (Phi) is 16.2. The third-order valence-electron chi connectivity index (χ3n) is 13.3. The van der Waals surface area contributed by atoms with Gasteiger partial charge < -0.3 is 49.8 Å². The quantitative estimate of drug-likeness (QED) is 0.0610. The molecule has 1 aromatic heterocycles. The van der Waals surface area contributed by atoms with Crippen LogP contribution in [-0.2, 0) is 35.2 Å². The molecule has 16 nitrogen and oxygen atoms in total. The lowest BCUT2D eigenvalue weighted by atomic mass is 10.0. The van der Waals surface area contributed by atoms with Crippen molar-refractivity contribution in [2.24, 2.45) is 0 Å². The molecule has 2 saturated heterocycles. The molecule has 0 saturated carbocycles. The van der Waals surface area contributed by atoms with E-state index in [0.717, 1.165) is 58.8 Å². The van der Waals surface area contributed by atoms with E-state index in [0.29, 0.717) is 74.4 Å². The topological polar surface area (TPSA) is 190 Å². The Morgan fingerprint density at radius 1 is 0.592 bits per heavy atom. The van der Waals surface area contributed by atoms with Crippen LogP contribution in [0.5, 0.6) is 5.75 Å². The second kappa shape index (κ2) is 23.2. The number of rotatable bonds is 18. The zero-order valence-corrected chi connectivity index (χ0v) is 40.4. The fraction of sp³-hybridized carbons (Fsp3) is 0.345. The van der Waals surface area contributed by atoms with Crippen LogP contribution in [-0.4, -0.2) is 96.2 Å². The van der Waals surface area contributed by atoms with Gasteiger partial charge in [0.25, 0.3) is 11.8 Å². The summed E-state index contributed by atoms with van der Waals surface area (Å²) < 4.78 is 18.2. The molecular weight excluding hydrogens is 903 g/mol. The molecule has 0 bridgehead atoms. The maximum absolute atomic E-state index is 14.2. The van der Waals surface area contributed by atoms with Crippen LogP contribution in [0.15, 0.2) is 121 Å². The van der Waals surface area contributed by atoms with Crippen LogP contribution in [0.4, 0.5) is 21.0 Å². The Bertz CT molecular complexity index is 2710. The van der Waals surface area contributed by atoms with Crippen molar-refractivity contribution in [3.63, 3.8) is 0 Å². The number of para-hydroxylation sites is 1. The van der Waals surface area contributed by atoms with Crippen LogP contribution in [0.2, 0.25) is 0 Å². The molecule has 4 atom stereocenters. The van der Waals surface area contributed by atoms with E-state index in [9.17, 15) is 28.8 Å². The Morgan fingerprint density at radius 3 is 1.55 bits per heavy atom. The lowest BCUT2D eigenvalue weighted by molar-refractivity contribution is -0.138. The van der Waals surface area contributed by atoms with Gasteiger partial charge in [0.15, 0.2) is 0 Å². The Labute approximate surface area is 413 Å². The molecular formula is C55H61N7O9. The largest absolute Gasteiger partial charge is 0.493 e. The number of aromatic nitrogens is 1. The zero-order valence-electron chi connectivity index (χ0n) is 40.4. The number of alkyl carbamates (subject to hydrolysis) is 2. The van der Waals surface area contributed by atoms with Gasteiger partial charge in [-0.1, -0.05) is 117 Å². The first-order valence-corrected chi connectivity index (χ1v) is 24.4. The highest BCUT2D eigenvalue weighted by Gasteiger charge is 2.40. The summed E-state index contributed by atoms with van der Waals surface area (Å²) >= 11 is 0. The summed E-state index contributed by atoms with van der Waals surface area (Å²) in [5.74, 6) is -0.780. The van der Waals surface area contributed by atoms with E-state index >= 15 is 0 Å². The van der Waals surface area contributed by atoms with Gasteiger partial charge in [-0.25, -0.2) is 9.59 Å². The molecule has 4 N–H and O–H groups in total. The van der Waals surface area contributed by atoms with E-state index in [4.69, 9.17) is 14.2 Å². The van der Waals surface area contributed by atoms with Crippen LogP contribution >= 0.6 is 0 Å². The van der Waals surface area contributed by atoms with E-state index in [1.54, 1.807) is 48.5 Å². The number of nitrogens with one attached hydrogen (secondary N) is 4. The number of fused-ring (bicyclic) bond motifs is 3. The first kappa shape index (κ1) is 49.5. The van der Waals surface area contributed by atoms with Gasteiger partial charge in [0.2, 0.25) is 11.8 Å². The van der Waals surface area contributed by atoms with Crippen molar-refractivity contribution < 1.29 is 43.0 Å². The van der Waals surface area contributed by atoms with Gasteiger partial charge in [-0.05, 0) is 73.6 Å². The van der Waals surface area contributed by atoms with Crippen molar-refractivity contribution in [3.05, 3.63) is 138 Å². The first-order valence-electron chi connectivity index (χ1n) is 24.4. The molecule has 3 heterocycles. The number of hydrogen-bond donors (Lipinski definition) is 4. The number of unbranched alkanes of at least 4 members (excludes halogenated alkanes) is 3. The van der Waals surface area contributed by atoms with Gasteiger partial charge in [-0.3, -0.25) is 19.2 Å². The second-order valence-electron chi connectivity index (χ2n) is 17.9. The molecule has 6 amide bonds. The number of benzene rings is 5. The molecule has 16 heteroatoms. The summed E-state index contributed by atoms with van der Waals surface area (Å²) in [6.07, 6.45) is 4.82. The molecule has 5 aromatic carbocycles. The Morgan fingerprint density at radius 2 is 1.07 bits per heavy atom. The fourth-order valence-corrected chi connectivity index (χ4v) is 9.69. The third-order valence-corrected chi connectivity index (χ3v) is 13.3. The number of anilines is 2. The fourth-order valence-electron chi connectivity index (χ4n) is 9.69. The van der Waals surface area contributed by atoms with Crippen LogP contribution in [0.3, 0.4) is 0 Å². The molecule has 2 aliphatic rings. The van der Waals surface area contributed by atoms with Crippen molar-refractivity contribution in [1.29, 1.82) is 0 Å². The average Bonchev–Trinajstić information content (AvgIpc) is 4.17. The monoisotopic (exact) mass is 963 g/mol.